The van der Waals surface area contributed by atoms with Crippen molar-refractivity contribution in [3.8, 4) is 0 Å². The molecule has 1 heterocycles. The molecule has 0 spiro atoms. The first-order valence-corrected chi connectivity index (χ1v) is 8.45. The van der Waals surface area contributed by atoms with Crippen molar-refractivity contribution in [1.82, 2.24) is 10.2 Å². The summed E-state index contributed by atoms with van der Waals surface area (Å²) in [6.07, 6.45) is 5.93. The molecule has 1 saturated heterocycles. The van der Waals surface area contributed by atoms with Gasteiger partial charge in [0.15, 0.2) is 0 Å². The van der Waals surface area contributed by atoms with Crippen LogP contribution in [0.4, 0.5) is 0 Å². The summed E-state index contributed by atoms with van der Waals surface area (Å²) in [5, 5.41) is 3.71. The van der Waals surface area contributed by atoms with Gasteiger partial charge in [-0.3, -0.25) is 0 Å². The Balaban J connectivity index is 1.65. The van der Waals surface area contributed by atoms with Crippen molar-refractivity contribution in [3.63, 3.8) is 0 Å². The molecule has 1 aromatic carbocycles. The van der Waals surface area contributed by atoms with E-state index in [0.29, 0.717) is 6.04 Å². The van der Waals surface area contributed by atoms with E-state index >= 15 is 0 Å². The maximum Gasteiger partial charge on any atom is 0.0474 e. The number of rotatable bonds is 8. The normalized spacial score (nSPS) is 17.8. The van der Waals surface area contributed by atoms with Crippen molar-refractivity contribution in [2.75, 3.05) is 39.9 Å². The Labute approximate surface area is 135 Å². The minimum absolute atomic E-state index is 0.665. The van der Waals surface area contributed by atoms with Crippen molar-refractivity contribution < 1.29 is 4.74 Å². The molecular formula is C19H30N2O. The second-order valence-corrected chi connectivity index (χ2v) is 6.24. The van der Waals surface area contributed by atoms with Gasteiger partial charge in [0.1, 0.15) is 0 Å². The van der Waals surface area contributed by atoms with Gasteiger partial charge in [-0.1, -0.05) is 42.0 Å². The summed E-state index contributed by atoms with van der Waals surface area (Å²) in [6, 6.07) is 11.2. The molecule has 2 rings (SSSR count). The van der Waals surface area contributed by atoms with Gasteiger partial charge in [0.05, 0.1) is 0 Å². The second-order valence-electron chi connectivity index (χ2n) is 6.24. The predicted molar refractivity (Wildman–Crippen MR) is 94.1 cm³/mol. The van der Waals surface area contributed by atoms with Gasteiger partial charge in [0.25, 0.3) is 0 Å². The predicted octanol–water partition coefficient (Wildman–Crippen LogP) is 3.18. The molecule has 0 radical (unpaired) electrons. The highest BCUT2D eigenvalue weighted by molar-refractivity contribution is 5.52. The first kappa shape index (κ1) is 17.2. The molecule has 0 aromatic heterocycles. The quantitative estimate of drug-likeness (QED) is 0.747. The summed E-state index contributed by atoms with van der Waals surface area (Å²) in [5.74, 6) is 0. The van der Waals surface area contributed by atoms with E-state index in [0.717, 1.165) is 19.6 Å². The van der Waals surface area contributed by atoms with Gasteiger partial charge in [-0.25, -0.2) is 0 Å². The van der Waals surface area contributed by atoms with Gasteiger partial charge >= 0.3 is 0 Å². The third-order valence-corrected chi connectivity index (χ3v) is 4.29. The summed E-state index contributed by atoms with van der Waals surface area (Å²) in [7, 11) is 1.78. The van der Waals surface area contributed by atoms with Crippen LogP contribution in [0.25, 0.3) is 6.08 Å². The number of piperidine rings is 1. The van der Waals surface area contributed by atoms with Crippen LogP contribution < -0.4 is 5.32 Å². The Morgan fingerprint density at radius 2 is 2.00 bits per heavy atom. The zero-order valence-corrected chi connectivity index (χ0v) is 14.1. The number of hydrogen-bond donors (Lipinski definition) is 1. The number of methoxy groups -OCH3 is 1. The first-order valence-electron chi connectivity index (χ1n) is 8.45. The van der Waals surface area contributed by atoms with Gasteiger partial charge in [-0.05, 0) is 44.8 Å². The van der Waals surface area contributed by atoms with Crippen LogP contribution in [-0.2, 0) is 4.74 Å². The number of nitrogens with one attached hydrogen (secondary N) is 1. The number of nitrogens with zero attached hydrogens (tertiary/aromatic N) is 1. The van der Waals surface area contributed by atoms with Crippen LogP contribution in [0.15, 0.2) is 35.9 Å². The molecule has 1 aliphatic heterocycles. The molecule has 0 saturated carbocycles. The SMILES string of the molecule is COCCCN1CCC(NC/C(C)=C/c2ccccc2)CC1. The van der Waals surface area contributed by atoms with Crippen LogP contribution in [0.3, 0.4) is 0 Å². The lowest BCUT2D eigenvalue weighted by molar-refractivity contribution is 0.153. The molecule has 1 aromatic rings. The molecule has 0 bridgehead atoms. The maximum atomic E-state index is 5.12. The smallest absolute Gasteiger partial charge is 0.0474 e. The average Bonchev–Trinajstić information content (AvgIpc) is 2.55. The molecule has 1 N–H and O–H groups in total. The van der Waals surface area contributed by atoms with Crippen molar-refractivity contribution in [2.45, 2.75) is 32.2 Å². The lowest BCUT2D eigenvalue weighted by Crippen LogP contribution is -2.43. The summed E-state index contributed by atoms with van der Waals surface area (Å²) in [6.45, 7) is 7.67. The van der Waals surface area contributed by atoms with E-state index in [2.05, 4.69) is 53.5 Å². The van der Waals surface area contributed by atoms with Crippen LogP contribution in [-0.4, -0.2) is 50.8 Å². The highest BCUT2D eigenvalue weighted by Crippen LogP contribution is 2.12. The highest BCUT2D eigenvalue weighted by Gasteiger charge is 2.18. The van der Waals surface area contributed by atoms with Crippen LogP contribution in [0, 0.1) is 0 Å². The minimum Gasteiger partial charge on any atom is -0.385 e. The monoisotopic (exact) mass is 302 g/mol. The number of hydrogen-bond acceptors (Lipinski definition) is 3. The van der Waals surface area contributed by atoms with Crippen molar-refractivity contribution in [2.24, 2.45) is 0 Å². The summed E-state index contributed by atoms with van der Waals surface area (Å²) in [5.41, 5.74) is 2.68. The third-order valence-electron chi connectivity index (χ3n) is 4.29. The maximum absolute atomic E-state index is 5.12. The largest absolute Gasteiger partial charge is 0.385 e. The van der Waals surface area contributed by atoms with E-state index in [4.69, 9.17) is 4.74 Å². The lowest BCUT2D eigenvalue weighted by atomic mass is 10.0. The summed E-state index contributed by atoms with van der Waals surface area (Å²) in [4.78, 5) is 2.56. The van der Waals surface area contributed by atoms with Crippen LogP contribution >= 0.6 is 0 Å². The third kappa shape index (κ3) is 6.30. The van der Waals surface area contributed by atoms with E-state index in [1.54, 1.807) is 7.11 Å². The molecule has 0 amide bonds. The highest BCUT2D eigenvalue weighted by atomic mass is 16.5. The van der Waals surface area contributed by atoms with Gasteiger partial charge in [0, 0.05) is 32.8 Å². The van der Waals surface area contributed by atoms with E-state index in [9.17, 15) is 0 Å². The molecule has 3 nitrogen and oxygen atoms in total. The molecular weight excluding hydrogens is 272 g/mol. The summed E-state index contributed by atoms with van der Waals surface area (Å²) >= 11 is 0. The van der Waals surface area contributed by atoms with E-state index in [1.807, 2.05) is 0 Å². The number of ether oxygens (including phenoxy) is 1. The van der Waals surface area contributed by atoms with E-state index in [1.165, 1.54) is 43.6 Å². The molecule has 0 aliphatic carbocycles. The molecule has 1 aliphatic rings. The number of benzene rings is 1. The van der Waals surface area contributed by atoms with Gasteiger partial charge in [-0.15, -0.1) is 0 Å². The van der Waals surface area contributed by atoms with Gasteiger partial charge in [0.2, 0.25) is 0 Å². The Bertz CT molecular complexity index is 436. The summed E-state index contributed by atoms with van der Waals surface area (Å²) < 4.78 is 5.12. The zero-order valence-electron chi connectivity index (χ0n) is 14.1. The second kappa shape index (κ2) is 9.78. The fraction of sp³-hybridized carbons (Fsp3) is 0.579. The average molecular weight is 302 g/mol. The van der Waals surface area contributed by atoms with Crippen molar-refractivity contribution in [3.05, 3.63) is 41.5 Å². The molecule has 22 heavy (non-hydrogen) atoms. The Hall–Kier alpha value is -1.16. The minimum atomic E-state index is 0.665. The van der Waals surface area contributed by atoms with Gasteiger partial charge in [-0.2, -0.15) is 0 Å². The Morgan fingerprint density at radius 1 is 1.27 bits per heavy atom. The Kier molecular flexibility index (Phi) is 7.64. The number of likely N-dealkylation sites (tertiary alicyclic amines) is 1. The van der Waals surface area contributed by atoms with E-state index in [-0.39, 0.29) is 0 Å². The zero-order chi connectivity index (χ0) is 15.6. The molecule has 1 fully saturated rings. The fourth-order valence-electron chi connectivity index (χ4n) is 2.98. The van der Waals surface area contributed by atoms with Crippen molar-refractivity contribution in [1.29, 1.82) is 0 Å². The van der Waals surface area contributed by atoms with Crippen LogP contribution in [0.2, 0.25) is 0 Å². The topological polar surface area (TPSA) is 24.5 Å². The van der Waals surface area contributed by atoms with Crippen LogP contribution in [0.5, 0.6) is 0 Å². The molecule has 0 unspecified atom stereocenters. The first-order chi connectivity index (χ1) is 10.8. The van der Waals surface area contributed by atoms with E-state index < -0.39 is 0 Å². The Morgan fingerprint density at radius 3 is 2.68 bits per heavy atom. The molecule has 0 atom stereocenters. The standard InChI is InChI=1S/C19H30N2O/c1-17(15-18-7-4-3-5-8-18)16-20-19-9-12-21(13-10-19)11-6-14-22-2/h3-5,7-8,15,19-20H,6,9-14,16H2,1-2H3/b17-15+. The lowest BCUT2D eigenvalue weighted by Gasteiger charge is -2.32. The molecule has 3 heteroatoms. The fourth-order valence-corrected chi connectivity index (χ4v) is 2.98. The molecule has 122 valence electrons. The van der Waals surface area contributed by atoms with Crippen molar-refractivity contribution >= 4 is 6.08 Å². The van der Waals surface area contributed by atoms with Crippen LogP contribution in [0.1, 0.15) is 31.7 Å². The van der Waals surface area contributed by atoms with Gasteiger partial charge < -0.3 is 15.0 Å².